The van der Waals surface area contributed by atoms with Crippen molar-refractivity contribution >= 4 is 11.6 Å². The van der Waals surface area contributed by atoms with Crippen LogP contribution < -0.4 is 5.73 Å². The number of aryl methyl sites for hydroxylation is 1. The predicted octanol–water partition coefficient (Wildman–Crippen LogP) is 3.42. The molecule has 1 unspecified atom stereocenters. The zero-order valence-corrected chi connectivity index (χ0v) is 12.6. The minimum Gasteiger partial charge on any atom is -0.399 e. The van der Waals surface area contributed by atoms with Crippen LogP contribution in [-0.4, -0.2) is 17.9 Å². The zero-order chi connectivity index (χ0) is 15.2. The van der Waals surface area contributed by atoms with E-state index >= 15 is 0 Å². The number of hydrogen-bond acceptors (Lipinski definition) is 2. The average molecular weight is 282 g/mol. The van der Waals surface area contributed by atoms with Crippen molar-refractivity contribution in [2.45, 2.75) is 25.8 Å². The van der Waals surface area contributed by atoms with Crippen LogP contribution in [-0.2, 0) is 11.2 Å². The smallest absolute Gasteiger partial charge is 0.223 e. The molecule has 3 heteroatoms. The van der Waals surface area contributed by atoms with Crippen molar-refractivity contribution in [1.29, 1.82) is 0 Å². The van der Waals surface area contributed by atoms with Gasteiger partial charge in [0.05, 0.1) is 6.04 Å². The molecular weight excluding hydrogens is 260 g/mol. The zero-order valence-electron chi connectivity index (χ0n) is 12.6. The molecule has 0 bridgehead atoms. The SMILES string of the molecule is CC(c1ccccc1)N(C)C(=O)CCc1ccc(N)cc1. The van der Waals surface area contributed by atoms with E-state index in [1.54, 1.807) is 0 Å². The molecule has 0 aliphatic carbocycles. The van der Waals surface area contributed by atoms with Gasteiger partial charge in [-0.15, -0.1) is 0 Å². The summed E-state index contributed by atoms with van der Waals surface area (Å²) in [4.78, 5) is 14.1. The molecular formula is C18H22N2O. The Morgan fingerprint density at radius 3 is 2.33 bits per heavy atom. The summed E-state index contributed by atoms with van der Waals surface area (Å²) in [6.07, 6.45) is 1.25. The summed E-state index contributed by atoms with van der Waals surface area (Å²) in [5, 5.41) is 0. The second-order valence-electron chi connectivity index (χ2n) is 5.33. The van der Waals surface area contributed by atoms with E-state index in [-0.39, 0.29) is 11.9 Å². The van der Waals surface area contributed by atoms with Gasteiger partial charge in [0.1, 0.15) is 0 Å². The van der Waals surface area contributed by atoms with Crippen molar-refractivity contribution < 1.29 is 4.79 Å². The van der Waals surface area contributed by atoms with Crippen LogP contribution in [0.5, 0.6) is 0 Å². The molecule has 0 saturated heterocycles. The second-order valence-corrected chi connectivity index (χ2v) is 5.33. The lowest BCUT2D eigenvalue weighted by molar-refractivity contribution is -0.131. The number of nitrogens with zero attached hydrogens (tertiary/aromatic N) is 1. The summed E-state index contributed by atoms with van der Waals surface area (Å²) < 4.78 is 0. The first-order chi connectivity index (χ1) is 10.1. The summed E-state index contributed by atoms with van der Waals surface area (Å²) in [5.74, 6) is 0.156. The lowest BCUT2D eigenvalue weighted by atomic mass is 10.1. The van der Waals surface area contributed by atoms with Gasteiger partial charge < -0.3 is 10.6 Å². The Hall–Kier alpha value is -2.29. The van der Waals surface area contributed by atoms with Gasteiger partial charge in [0.2, 0.25) is 5.91 Å². The standard InChI is InChI=1S/C18H22N2O/c1-14(16-6-4-3-5-7-16)20(2)18(21)13-10-15-8-11-17(19)12-9-15/h3-9,11-12,14H,10,13,19H2,1-2H3. The fraction of sp³-hybridized carbons (Fsp3) is 0.278. The number of carbonyl (C=O) groups excluding carboxylic acids is 1. The quantitative estimate of drug-likeness (QED) is 0.854. The number of carbonyl (C=O) groups is 1. The van der Waals surface area contributed by atoms with E-state index in [1.807, 2.05) is 54.4 Å². The monoisotopic (exact) mass is 282 g/mol. The van der Waals surface area contributed by atoms with Gasteiger partial charge in [-0.05, 0) is 36.6 Å². The van der Waals surface area contributed by atoms with Gasteiger partial charge >= 0.3 is 0 Å². The van der Waals surface area contributed by atoms with Crippen molar-refractivity contribution in [3.05, 3.63) is 65.7 Å². The van der Waals surface area contributed by atoms with Crippen molar-refractivity contribution in [3.8, 4) is 0 Å². The van der Waals surface area contributed by atoms with Crippen LogP contribution in [0.25, 0.3) is 0 Å². The van der Waals surface area contributed by atoms with E-state index < -0.39 is 0 Å². The number of nitrogens with two attached hydrogens (primary N) is 1. The highest BCUT2D eigenvalue weighted by Crippen LogP contribution is 2.19. The lowest BCUT2D eigenvalue weighted by Crippen LogP contribution is -2.29. The summed E-state index contributed by atoms with van der Waals surface area (Å²) in [7, 11) is 1.86. The molecule has 0 radical (unpaired) electrons. The third kappa shape index (κ3) is 4.09. The van der Waals surface area contributed by atoms with Gasteiger partial charge in [-0.1, -0.05) is 42.5 Å². The first-order valence-corrected chi connectivity index (χ1v) is 7.23. The molecule has 0 aliphatic heterocycles. The van der Waals surface area contributed by atoms with E-state index in [4.69, 9.17) is 5.73 Å². The van der Waals surface area contributed by atoms with Crippen LogP contribution in [0, 0.1) is 0 Å². The average Bonchev–Trinajstić information content (AvgIpc) is 2.53. The van der Waals surface area contributed by atoms with Crippen LogP contribution in [0.2, 0.25) is 0 Å². The molecule has 0 heterocycles. The van der Waals surface area contributed by atoms with Gasteiger partial charge in [-0.25, -0.2) is 0 Å². The van der Waals surface area contributed by atoms with Crippen LogP contribution in [0.3, 0.4) is 0 Å². The third-order valence-electron chi connectivity index (χ3n) is 3.86. The number of nitrogen functional groups attached to an aromatic ring is 1. The van der Waals surface area contributed by atoms with Crippen LogP contribution >= 0.6 is 0 Å². The summed E-state index contributed by atoms with van der Waals surface area (Å²) in [6, 6.07) is 17.9. The number of rotatable bonds is 5. The lowest BCUT2D eigenvalue weighted by Gasteiger charge is -2.25. The molecule has 2 aromatic rings. The number of amides is 1. The molecule has 0 aromatic heterocycles. The number of benzene rings is 2. The number of hydrogen-bond donors (Lipinski definition) is 1. The van der Waals surface area contributed by atoms with Crippen molar-refractivity contribution in [2.24, 2.45) is 0 Å². The summed E-state index contributed by atoms with van der Waals surface area (Å²) >= 11 is 0. The van der Waals surface area contributed by atoms with E-state index in [1.165, 1.54) is 0 Å². The van der Waals surface area contributed by atoms with Crippen molar-refractivity contribution in [2.75, 3.05) is 12.8 Å². The van der Waals surface area contributed by atoms with Gasteiger partial charge in [-0.2, -0.15) is 0 Å². The molecule has 0 fully saturated rings. The van der Waals surface area contributed by atoms with Gasteiger partial charge in [0.15, 0.2) is 0 Å². The highest BCUT2D eigenvalue weighted by atomic mass is 16.2. The normalized spacial score (nSPS) is 11.9. The third-order valence-corrected chi connectivity index (χ3v) is 3.86. The molecule has 1 atom stereocenters. The Morgan fingerprint density at radius 2 is 1.71 bits per heavy atom. The molecule has 2 rings (SSSR count). The molecule has 0 aliphatic rings. The van der Waals surface area contributed by atoms with Crippen molar-refractivity contribution in [3.63, 3.8) is 0 Å². The van der Waals surface area contributed by atoms with Crippen molar-refractivity contribution in [1.82, 2.24) is 4.90 Å². The fourth-order valence-electron chi connectivity index (χ4n) is 2.28. The summed E-state index contributed by atoms with van der Waals surface area (Å²) in [5.41, 5.74) is 8.70. The van der Waals surface area contributed by atoms with Crippen LogP contribution in [0.4, 0.5) is 5.69 Å². The fourth-order valence-corrected chi connectivity index (χ4v) is 2.28. The molecule has 3 nitrogen and oxygen atoms in total. The van der Waals surface area contributed by atoms with Crippen LogP contribution in [0.15, 0.2) is 54.6 Å². The Bertz CT molecular complexity index is 578. The molecule has 0 saturated carbocycles. The largest absolute Gasteiger partial charge is 0.399 e. The minimum absolute atomic E-state index is 0.0881. The van der Waals surface area contributed by atoms with Gasteiger partial charge in [0.25, 0.3) is 0 Å². The maximum Gasteiger partial charge on any atom is 0.223 e. The maximum absolute atomic E-state index is 12.3. The Kier molecular flexibility index (Phi) is 4.99. The highest BCUT2D eigenvalue weighted by Gasteiger charge is 2.16. The Balaban J connectivity index is 1.92. The maximum atomic E-state index is 12.3. The molecule has 21 heavy (non-hydrogen) atoms. The molecule has 0 spiro atoms. The van der Waals surface area contributed by atoms with Crippen LogP contribution in [0.1, 0.15) is 30.5 Å². The molecule has 1 amide bonds. The summed E-state index contributed by atoms with van der Waals surface area (Å²) in [6.45, 7) is 2.05. The highest BCUT2D eigenvalue weighted by molar-refractivity contribution is 5.76. The van der Waals surface area contributed by atoms with E-state index in [2.05, 4.69) is 19.1 Å². The van der Waals surface area contributed by atoms with Gasteiger partial charge in [0, 0.05) is 19.2 Å². The van der Waals surface area contributed by atoms with E-state index in [9.17, 15) is 4.79 Å². The Morgan fingerprint density at radius 1 is 1.10 bits per heavy atom. The molecule has 2 aromatic carbocycles. The number of anilines is 1. The molecule has 110 valence electrons. The Labute approximate surface area is 126 Å². The first kappa shape index (κ1) is 15.1. The van der Waals surface area contributed by atoms with Gasteiger partial charge in [-0.3, -0.25) is 4.79 Å². The second kappa shape index (κ2) is 6.93. The van der Waals surface area contributed by atoms with E-state index in [0.29, 0.717) is 6.42 Å². The molecule has 2 N–H and O–H groups in total. The topological polar surface area (TPSA) is 46.3 Å². The first-order valence-electron chi connectivity index (χ1n) is 7.23. The van der Waals surface area contributed by atoms with E-state index in [0.717, 1.165) is 23.2 Å². The predicted molar refractivity (Wildman–Crippen MR) is 86.8 cm³/mol. The minimum atomic E-state index is 0.0881.